The van der Waals surface area contributed by atoms with E-state index in [1.807, 2.05) is 24.3 Å². The second-order valence-corrected chi connectivity index (χ2v) is 12.1. The minimum absolute atomic E-state index is 0.221. The summed E-state index contributed by atoms with van der Waals surface area (Å²) in [5.74, 6) is 1.50. The van der Waals surface area contributed by atoms with Crippen LogP contribution in [0.1, 0.15) is 45.2 Å². The first kappa shape index (κ1) is 25.3. The van der Waals surface area contributed by atoms with Crippen LogP contribution in [0.5, 0.6) is 11.8 Å². The highest BCUT2D eigenvalue weighted by molar-refractivity contribution is 6.08. The molecule has 3 aromatic heterocycles. The number of ether oxygens (including phenoxy) is 1. The summed E-state index contributed by atoms with van der Waals surface area (Å²) in [5.41, 5.74) is 13.4. The number of para-hydroxylation sites is 2. The molecule has 11 rings (SSSR count). The van der Waals surface area contributed by atoms with E-state index in [4.69, 9.17) is 14.7 Å². The van der Waals surface area contributed by atoms with Crippen LogP contribution in [0.4, 0.5) is 0 Å². The molecular formula is C42H27N3O. The molecule has 0 spiro atoms. The summed E-state index contributed by atoms with van der Waals surface area (Å²) in [7, 11) is 0. The van der Waals surface area contributed by atoms with E-state index >= 15 is 0 Å². The van der Waals surface area contributed by atoms with Crippen molar-refractivity contribution in [1.29, 1.82) is 0 Å². The molecule has 5 aromatic carbocycles. The van der Waals surface area contributed by atoms with Crippen molar-refractivity contribution in [1.82, 2.24) is 14.5 Å². The fourth-order valence-electron chi connectivity index (χ4n) is 7.78. The van der Waals surface area contributed by atoms with E-state index in [1.165, 1.54) is 33.4 Å². The van der Waals surface area contributed by atoms with Crippen LogP contribution in [-0.2, 0) is 0 Å². The van der Waals surface area contributed by atoms with E-state index in [0.717, 1.165) is 38.9 Å². The number of rotatable bonds is 4. The van der Waals surface area contributed by atoms with Gasteiger partial charge in [0.25, 0.3) is 0 Å². The molecule has 0 saturated heterocycles. The van der Waals surface area contributed by atoms with Crippen LogP contribution in [-0.4, -0.2) is 14.5 Å². The van der Waals surface area contributed by atoms with Crippen LogP contribution in [0.3, 0.4) is 0 Å². The summed E-state index contributed by atoms with van der Waals surface area (Å²) in [6.45, 7) is 0. The molecule has 2 bridgehead atoms. The van der Waals surface area contributed by atoms with Crippen molar-refractivity contribution in [2.24, 2.45) is 0 Å². The zero-order valence-corrected chi connectivity index (χ0v) is 24.8. The average Bonchev–Trinajstić information content (AvgIpc) is 3.45. The fraction of sp³-hybridized carbons (Fsp3) is 0.0476. The first-order valence-electron chi connectivity index (χ1n) is 15.7. The number of nitrogens with zero attached hydrogens (tertiary/aromatic N) is 3. The highest BCUT2D eigenvalue weighted by atomic mass is 16.5. The Kier molecular flexibility index (Phi) is 5.37. The molecule has 0 saturated carbocycles. The first-order chi connectivity index (χ1) is 22.8. The standard InChI is InChI=1S/C42H27N3O/c1-2-11-27(12-3-1)45-37-19-9-8-13-28(37)34-23-24-39(44-42(34)45)46-38-20-10-18-36(43-38)26-21-22-33-35(25-26)41-31-16-6-4-14-29(31)40(33)30-15-5-7-17-32(30)41/h1-25,40-41H. The predicted molar refractivity (Wildman–Crippen MR) is 183 cm³/mol. The molecule has 216 valence electrons. The Labute approximate surface area is 266 Å². The van der Waals surface area contributed by atoms with Crippen molar-refractivity contribution < 1.29 is 4.74 Å². The topological polar surface area (TPSA) is 39.9 Å². The van der Waals surface area contributed by atoms with Gasteiger partial charge in [0.15, 0.2) is 0 Å². The highest BCUT2D eigenvalue weighted by Crippen LogP contribution is 2.56. The third-order valence-electron chi connectivity index (χ3n) is 9.68. The van der Waals surface area contributed by atoms with Gasteiger partial charge >= 0.3 is 0 Å². The van der Waals surface area contributed by atoms with Crippen LogP contribution in [0.2, 0.25) is 0 Å². The molecule has 0 amide bonds. The lowest BCUT2D eigenvalue weighted by molar-refractivity contribution is 0.447. The molecule has 0 radical (unpaired) electrons. The minimum atomic E-state index is 0.221. The molecule has 4 heteroatoms. The van der Waals surface area contributed by atoms with E-state index < -0.39 is 0 Å². The summed E-state index contributed by atoms with van der Waals surface area (Å²) in [6.07, 6.45) is 0. The van der Waals surface area contributed by atoms with E-state index in [9.17, 15) is 0 Å². The molecule has 3 heterocycles. The largest absolute Gasteiger partial charge is 0.421 e. The molecule has 8 aromatic rings. The van der Waals surface area contributed by atoms with Gasteiger partial charge in [-0.25, -0.2) is 4.98 Å². The van der Waals surface area contributed by atoms with E-state index in [1.54, 1.807) is 0 Å². The molecule has 0 unspecified atom stereocenters. The third kappa shape index (κ3) is 3.67. The maximum Gasteiger partial charge on any atom is 0.223 e. The zero-order valence-electron chi connectivity index (χ0n) is 24.8. The summed E-state index contributed by atoms with van der Waals surface area (Å²) < 4.78 is 8.55. The number of pyridine rings is 2. The van der Waals surface area contributed by atoms with Gasteiger partial charge in [0.2, 0.25) is 11.8 Å². The van der Waals surface area contributed by atoms with Gasteiger partial charge in [-0.15, -0.1) is 0 Å². The monoisotopic (exact) mass is 589 g/mol. The second kappa shape index (κ2) is 9.75. The molecule has 3 aliphatic rings. The zero-order chi connectivity index (χ0) is 30.2. The predicted octanol–water partition coefficient (Wildman–Crippen LogP) is 10.0. The molecule has 4 nitrogen and oxygen atoms in total. The van der Waals surface area contributed by atoms with Crippen molar-refractivity contribution in [2.75, 3.05) is 0 Å². The number of fused-ring (bicyclic) bond motifs is 3. The Hall–Kier alpha value is -6.00. The SMILES string of the molecule is c1ccc(-n2c3ccccc3c3ccc(Oc4cccc(-c5ccc6c(c5)C5c7ccccc7C6c6ccccc65)n4)nc32)cc1. The molecule has 0 atom stereocenters. The number of hydrogen-bond donors (Lipinski definition) is 0. The average molecular weight is 590 g/mol. The fourth-order valence-corrected chi connectivity index (χ4v) is 7.78. The first-order valence-corrected chi connectivity index (χ1v) is 15.7. The smallest absolute Gasteiger partial charge is 0.223 e. The number of benzene rings is 5. The lowest BCUT2D eigenvalue weighted by Gasteiger charge is -2.42. The van der Waals surface area contributed by atoms with Gasteiger partial charge < -0.3 is 4.74 Å². The summed E-state index contributed by atoms with van der Waals surface area (Å²) in [5, 5.41) is 2.24. The highest BCUT2D eigenvalue weighted by Gasteiger charge is 2.40. The van der Waals surface area contributed by atoms with Crippen molar-refractivity contribution in [3.05, 3.63) is 185 Å². The Morgan fingerprint density at radius 2 is 1.09 bits per heavy atom. The normalized spacial score (nSPS) is 15.8. The van der Waals surface area contributed by atoms with Gasteiger partial charge in [-0.2, -0.15) is 4.98 Å². The molecule has 3 aliphatic carbocycles. The Morgan fingerprint density at radius 1 is 0.457 bits per heavy atom. The van der Waals surface area contributed by atoms with Gasteiger partial charge in [-0.1, -0.05) is 103 Å². The molecule has 0 aliphatic heterocycles. The van der Waals surface area contributed by atoms with Gasteiger partial charge in [0.1, 0.15) is 5.65 Å². The van der Waals surface area contributed by atoms with E-state index in [0.29, 0.717) is 11.8 Å². The lowest BCUT2D eigenvalue weighted by atomic mass is 9.61. The van der Waals surface area contributed by atoms with Crippen molar-refractivity contribution in [2.45, 2.75) is 11.8 Å². The number of aromatic nitrogens is 3. The van der Waals surface area contributed by atoms with Gasteiger partial charge in [-0.3, -0.25) is 4.57 Å². The van der Waals surface area contributed by atoms with Crippen LogP contribution in [0.15, 0.2) is 152 Å². The molecular weight excluding hydrogens is 562 g/mol. The summed E-state index contributed by atoms with van der Waals surface area (Å²) in [4.78, 5) is 9.99. The summed E-state index contributed by atoms with van der Waals surface area (Å²) >= 11 is 0. The molecule has 0 N–H and O–H groups in total. The van der Waals surface area contributed by atoms with Crippen LogP contribution >= 0.6 is 0 Å². The Bertz CT molecular complexity index is 2430. The molecule has 0 fully saturated rings. The van der Waals surface area contributed by atoms with Crippen molar-refractivity contribution >= 4 is 21.9 Å². The van der Waals surface area contributed by atoms with E-state index in [-0.39, 0.29) is 11.8 Å². The summed E-state index contributed by atoms with van der Waals surface area (Å²) in [6, 6.07) is 53.5. The van der Waals surface area contributed by atoms with Gasteiger partial charge in [0.05, 0.1) is 11.2 Å². The van der Waals surface area contributed by atoms with E-state index in [2.05, 4.69) is 132 Å². The van der Waals surface area contributed by atoms with Gasteiger partial charge in [-0.05, 0) is 69.8 Å². The lowest BCUT2D eigenvalue weighted by Crippen LogP contribution is -2.27. The quantitative estimate of drug-likeness (QED) is 0.205. The minimum Gasteiger partial charge on any atom is -0.421 e. The van der Waals surface area contributed by atoms with Crippen LogP contribution < -0.4 is 4.74 Å². The maximum atomic E-state index is 6.35. The van der Waals surface area contributed by atoms with Crippen molar-refractivity contribution in [3.8, 4) is 28.7 Å². The second-order valence-electron chi connectivity index (χ2n) is 12.1. The Morgan fingerprint density at radius 3 is 1.85 bits per heavy atom. The Balaban J connectivity index is 1.03. The molecule has 46 heavy (non-hydrogen) atoms. The van der Waals surface area contributed by atoms with Crippen molar-refractivity contribution in [3.63, 3.8) is 0 Å². The van der Waals surface area contributed by atoms with Crippen LogP contribution in [0.25, 0.3) is 38.9 Å². The number of hydrogen-bond acceptors (Lipinski definition) is 3. The maximum absolute atomic E-state index is 6.35. The van der Waals surface area contributed by atoms with Gasteiger partial charge in [0, 0.05) is 46.0 Å². The third-order valence-corrected chi connectivity index (χ3v) is 9.68. The van der Waals surface area contributed by atoms with Crippen LogP contribution in [0, 0.1) is 0 Å².